The van der Waals surface area contributed by atoms with Gasteiger partial charge in [0.25, 0.3) is 10.1 Å². The zero-order chi connectivity index (χ0) is 13.3. The van der Waals surface area contributed by atoms with Gasteiger partial charge in [0.2, 0.25) is 0 Å². The van der Waals surface area contributed by atoms with E-state index in [2.05, 4.69) is 15.9 Å². The van der Waals surface area contributed by atoms with Crippen molar-refractivity contribution >= 4 is 32.0 Å². The van der Waals surface area contributed by atoms with Gasteiger partial charge in [-0.05, 0) is 31.0 Å². The van der Waals surface area contributed by atoms with E-state index in [9.17, 15) is 13.2 Å². The molecule has 1 atom stereocenters. The lowest BCUT2D eigenvalue weighted by Crippen LogP contribution is -2.30. The van der Waals surface area contributed by atoms with Gasteiger partial charge >= 0.3 is 5.97 Å². The maximum Gasteiger partial charge on any atom is 0.320 e. The Hall–Kier alpha value is -0.920. The van der Waals surface area contributed by atoms with Gasteiger partial charge in [-0.25, -0.2) is 0 Å². The molecule has 0 aliphatic carbocycles. The molecule has 7 heteroatoms. The van der Waals surface area contributed by atoms with E-state index in [1.165, 1.54) is 31.2 Å². The van der Waals surface area contributed by atoms with Crippen LogP contribution in [0.15, 0.2) is 29.2 Å². The van der Waals surface area contributed by atoms with Crippen molar-refractivity contribution in [3.63, 3.8) is 0 Å². The number of halogens is 1. The molecule has 1 aromatic rings. The summed E-state index contributed by atoms with van der Waals surface area (Å²) >= 11 is 3.07. The van der Waals surface area contributed by atoms with Crippen LogP contribution in [0.3, 0.4) is 0 Å². The summed E-state index contributed by atoms with van der Waals surface area (Å²) in [6.45, 7) is 1.51. The molecule has 0 saturated heterocycles. The summed E-state index contributed by atoms with van der Waals surface area (Å²) in [5.74, 6) is -1.00. The Morgan fingerprint density at radius 1 is 1.35 bits per heavy atom. The van der Waals surface area contributed by atoms with Crippen LogP contribution in [0.5, 0.6) is 0 Å². The first-order chi connectivity index (χ1) is 7.63. The number of carbonyl (C=O) groups is 1. The van der Waals surface area contributed by atoms with Crippen molar-refractivity contribution in [3.8, 4) is 0 Å². The highest BCUT2D eigenvalue weighted by molar-refractivity contribution is 9.10. The Morgan fingerprint density at radius 3 is 2.18 bits per heavy atom. The molecular formula is C10H11BrO5S. The smallest absolute Gasteiger partial charge is 0.320 e. The number of rotatable bonds is 4. The van der Waals surface area contributed by atoms with Gasteiger partial charge < -0.3 is 5.11 Å². The Morgan fingerprint density at radius 2 is 1.82 bits per heavy atom. The fourth-order valence-corrected chi connectivity index (χ4v) is 2.04. The maximum absolute atomic E-state index is 10.9. The van der Waals surface area contributed by atoms with E-state index in [0.717, 1.165) is 0 Å². The number of hydrogen-bond acceptors (Lipinski definition) is 3. The Bertz CT molecular complexity index is 518. The molecule has 1 rings (SSSR count). The molecule has 1 unspecified atom stereocenters. The van der Waals surface area contributed by atoms with Crippen molar-refractivity contribution in [1.29, 1.82) is 0 Å². The third-order valence-corrected chi connectivity index (χ3v) is 3.69. The quantitative estimate of drug-likeness (QED) is 0.650. The number of carboxylic acid groups (broad SMARTS) is 1. The van der Waals surface area contributed by atoms with Crippen molar-refractivity contribution in [2.75, 3.05) is 0 Å². The van der Waals surface area contributed by atoms with Gasteiger partial charge in [0.05, 0.1) is 4.90 Å². The average Bonchev–Trinajstić information content (AvgIpc) is 2.16. The number of benzene rings is 1. The molecule has 17 heavy (non-hydrogen) atoms. The highest BCUT2D eigenvalue weighted by atomic mass is 79.9. The van der Waals surface area contributed by atoms with Crippen LogP contribution in [0.4, 0.5) is 0 Å². The Kier molecular flexibility index (Phi) is 3.95. The zero-order valence-corrected chi connectivity index (χ0v) is 11.3. The van der Waals surface area contributed by atoms with Crippen molar-refractivity contribution in [1.82, 2.24) is 0 Å². The van der Waals surface area contributed by atoms with Crippen LogP contribution in [-0.2, 0) is 21.3 Å². The first-order valence-electron chi connectivity index (χ1n) is 4.62. The Balaban J connectivity index is 2.94. The second kappa shape index (κ2) is 4.75. The van der Waals surface area contributed by atoms with Crippen LogP contribution in [0.1, 0.15) is 12.5 Å². The van der Waals surface area contributed by atoms with Crippen molar-refractivity contribution in [3.05, 3.63) is 29.8 Å². The Labute approximate surface area is 107 Å². The van der Waals surface area contributed by atoms with Gasteiger partial charge in [-0.2, -0.15) is 8.42 Å². The molecule has 0 aliphatic rings. The monoisotopic (exact) mass is 322 g/mol. The average molecular weight is 323 g/mol. The molecule has 0 radical (unpaired) electrons. The zero-order valence-electron chi connectivity index (χ0n) is 8.92. The SMILES string of the molecule is CC(Br)(Cc1ccc(S(=O)(=O)O)cc1)C(=O)O. The van der Waals surface area contributed by atoms with Crippen LogP contribution < -0.4 is 0 Å². The lowest BCUT2D eigenvalue weighted by molar-refractivity contribution is -0.139. The molecule has 0 heterocycles. The standard InChI is InChI=1S/C10H11BrO5S/c1-10(11,9(12)13)6-7-2-4-8(5-3-7)17(14,15)16/h2-5H,6H2,1H3,(H,12,13)(H,14,15,16). The predicted octanol–water partition coefficient (Wildman–Crippen LogP) is 1.71. The number of hydrogen-bond donors (Lipinski definition) is 2. The van der Waals surface area contributed by atoms with E-state index >= 15 is 0 Å². The summed E-state index contributed by atoms with van der Waals surface area (Å²) in [6, 6.07) is 5.39. The molecule has 5 nitrogen and oxygen atoms in total. The van der Waals surface area contributed by atoms with Crippen LogP contribution in [0, 0.1) is 0 Å². The van der Waals surface area contributed by atoms with Crippen molar-refractivity contribution in [2.45, 2.75) is 22.6 Å². The summed E-state index contributed by atoms with van der Waals surface area (Å²) in [5, 5.41) is 8.90. The second-order valence-electron chi connectivity index (χ2n) is 3.80. The van der Waals surface area contributed by atoms with E-state index in [1.807, 2.05) is 0 Å². The minimum absolute atomic E-state index is 0.202. The van der Waals surface area contributed by atoms with Gasteiger partial charge in [-0.3, -0.25) is 9.35 Å². The maximum atomic E-state index is 10.9. The summed E-state index contributed by atoms with van der Waals surface area (Å²) in [5.41, 5.74) is 0.652. The molecule has 0 aliphatic heterocycles. The second-order valence-corrected chi connectivity index (χ2v) is 6.97. The van der Waals surface area contributed by atoms with Crippen LogP contribution in [0.25, 0.3) is 0 Å². The predicted molar refractivity (Wildman–Crippen MR) is 64.9 cm³/mol. The third-order valence-electron chi connectivity index (χ3n) is 2.20. The normalized spacial score (nSPS) is 15.2. The van der Waals surface area contributed by atoms with Crippen molar-refractivity contribution in [2.24, 2.45) is 0 Å². The molecule has 94 valence electrons. The topological polar surface area (TPSA) is 91.7 Å². The molecule has 0 amide bonds. The third kappa shape index (κ3) is 3.79. The molecular weight excluding hydrogens is 312 g/mol. The van der Waals surface area contributed by atoms with E-state index in [4.69, 9.17) is 9.66 Å². The van der Waals surface area contributed by atoms with Gasteiger partial charge in [0, 0.05) is 0 Å². The van der Waals surface area contributed by atoms with Gasteiger partial charge in [-0.15, -0.1) is 0 Å². The molecule has 0 fully saturated rings. The molecule has 0 bridgehead atoms. The summed E-state index contributed by atoms with van der Waals surface area (Å²) in [7, 11) is -4.21. The number of carboxylic acids is 1. The summed E-state index contributed by atoms with van der Waals surface area (Å²) < 4.78 is 29.2. The minimum atomic E-state index is -4.21. The lowest BCUT2D eigenvalue weighted by Gasteiger charge is -2.16. The molecule has 0 saturated carbocycles. The largest absolute Gasteiger partial charge is 0.480 e. The van der Waals surface area contributed by atoms with Crippen LogP contribution in [0.2, 0.25) is 0 Å². The van der Waals surface area contributed by atoms with E-state index < -0.39 is 20.4 Å². The molecule has 2 N–H and O–H groups in total. The summed E-state index contributed by atoms with van der Waals surface area (Å²) in [4.78, 5) is 10.7. The highest BCUT2D eigenvalue weighted by Crippen LogP contribution is 2.24. The van der Waals surface area contributed by atoms with Crippen LogP contribution in [-0.4, -0.2) is 28.4 Å². The minimum Gasteiger partial charge on any atom is -0.480 e. The lowest BCUT2D eigenvalue weighted by atomic mass is 10.0. The van der Waals surface area contributed by atoms with Gasteiger partial charge in [-0.1, -0.05) is 28.1 Å². The van der Waals surface area contributed by atoms with Crippen LogP contribution >= 0.6 is 15.9 Å². The van der Waals surface area contributed by atoms with Gasteiger partial charge in [0.15, 0.2) is 0 Å². The van der Waals surface area contributed by atoms with E-state index in [-0.39, 0.29) is 11.3 Å². The van der Waals surface area contributed by atoms with E-state index in [0.29, 0.717) is 5.56 Å². The molecule has 1 aromatic carbocycles. The first-order valence-corrected chi connectivity index (χ1v) is 6.85. The highest BCUT2D eigenvalue weighted by Gasteiger charge is 2.29. The van der Waals surface area contributed by atoms with Crippen molar-refractivity contribution < 1.29 is 22.9 Å². The molecule has 0 aromatic heterocycles. The van der Waals surface area contributed by atoms with Gasteiger partial charge in [0.1, 0.15) is 4.32 Å². The first kappa shape index (κ1) is 14.1. The number of alkyl halides is 1. The molecule has 0 spiro atoms. The summed E-state index contributed by atoms with van der Waals surface area (Å²) in [6.07, 6.45) is 0.202. The fraction of sp³-hybridized carbons (Fsp3) is 0.300. The van der Waals surface area contributed by atoms with E-state index in [1.54, 1.807) is 0 Å². The fourth-order valence-electron chi connectivity index (χ4n) is 1.24. The number of aliphatic carboxylic acids is 1.